The molecule has 0 saturated carbocycles. The van der Waals surface area contributed by atoms with Crippen LogP contribution in [0.1, 0.15) is 43.1 Å². The molecule has 1 atom stereocenters. The van der Waals surface area contributed by atoms with Crippen LogP contribution in [-0.2, 0) is 6.42 Å². The summed E-state index contributed by atoms with van der Waals surface area (Å²) in [6.45, 7) is 7.86. The van der Waals surface area contributed by atoms with Gasteiger partial charge in [0.15, 0.2) is 5.78 Å². The molecule has 0 spiro atoms. The van der Waals surface area contributed by atoms with Crippen LogP contribution >= 0.6 is 0 Å². The van der Waals surface area contributed by atoms with Gasteiger partial charge in [-0.3, -0.25) is 4.79 Å². The largest absolute Gasteiger partial charge is 0.316 e. The molecule has 0 bridgehead atoms. The first kappa shape index (κ1) is 13.9. The van der Waals surface area contributed by atoms with Crippen molar-refractivity contribution < 1.29 is 4.79 Å². The van der Waals surface area contributed by atoms with E-state index in [9.17, 15) is 4.79 Å². The van der Waals surface area contributed by atoms with Crippen molar-refractivity contribution in [3.05, 3.63) is 35.4 Å². The number of hydrogen-bond acceptors (Lipinski definition) is 2. The van der Waals surface area contributed by atoms with Crippen LogP contribution in [0.15, 0.2) is 24.3 Å². The zero-order valence-corrected chi connectivity index (χ0v) is 11.1. The van der Waals surface area contributed by atoms with Gasteiger partial charge in [-0.1, -0.05) is 45.4 Å². The van der Waals surface area contributed by atoms with Gasteiger partial charge in [-0.05, 0) is 24.6 Å². The van der Waals surface area contributed by atoms with Gasteiger partial charge >= 0.3 is 0 Å². The van der Waals surface area contributed by atoms with Crippen molar-refractivity contribution in [2.24, 2.45) is 5.92 Å². The summed E-state index contributed by atoms with van der Waals surface area (Å²) >= 11 is 0. The van der Waals surface area contributed by atoms with Gasteiger partial charge in [0.1, 0.15) is 0 Å². The Morgan fingerprint density at radius 1 is 1.35 bits per heavy atom. The van der Waals surface area contributed by atoms with Crippen molar-refractivity contribution in [2.75, 3.05) is 13.1 Å². The molecule has 94 valence electrons. The zero-order chi connectivity index (χ0) is 12.7. The third kappa shape index (κ3) is 4.31. The van der Waals surface area contributed by atoms with Crippen LogP contribution in [0.4, 0.5) is 0 Å². The SMILES string of the molecule is CCCc1cccc(C(=O)C(C)CNCC)c1. The summed E-state index contributed by atoms with van der Waals surface area (Å²) < 4.78 is 0. The second-order valence-electron chi connectivity index (χ2n) is 4.52. The molecule has 1 N–H and O–H groups in total. The monoisotopic (exact) mass is 233 g/mol. The topological polar surface area (TPSA) is 29.1 Å². The Balaban J connectivity index is 2.70. The Morgan fingerprint density at radius 2 is 2.12 bits per heavy atom. The Bertz CT molecular complexity index is 360. The summed E-state index contributed by atoms with van der Waals surface area (Å²) in [5, 5.41) is 3.22. The minimum absolute atomic E-state index is 0.0480. The van der Waals surface area contributed by atoms with Crippen LogP contribution < -0.4 is 5.32 Å². The number of benzene rings is 1. The number of carbonyl (C=O) groups excluding carboxylic acids is 1. The number of rotatable bonds is 7. The lowest BCUT2D eigenvalue weighted by Crippen LogP contribution is -2.26. The van der Waals surface area contributed by atoms with Gasteiger partial charge in [0.05, 0.1) is 0 Å². The summed E-state index contributed by atoms with van der Waals surface area (Å²) in [7, 11) is 0. The maximum atomic E-state index is 12.2. The molecule has 0 heterocycles. The third-order valence-electron chi connectivity index (χ3n) is 2.90. The van der Waals surface area contributed by atoms with Crippen molar-refractivity contribution >= 4 is 5.78 Å². The van der Waals surface area contributed by atoms with Gasteiger partial charge in [-0.15, -0.1) is 0 Å². The lowest BCUT2D eigenvalue weighted by molar-refractivity contribution is 0.0929. The summed E-state index contributed by atoms with van der Waals surface area (Å²) in [6.07, 6.45) is 2.16. The van der Waals surface area contributed by atoms with E-state index < -0.39 is 0 Å². The van der Waals surface area contributed by atoms with E-state index in [2.05, 4.69) is 25.2 Å². The van der Waals surface area contributed by atoms with Crippen LogP contribution in [0.2, 0.25) is 0 Å². The quantitative estimate of drug-likeness (QED) is 0.733. The molecule has 0 aliphatic rings. The average molecular weight is 233 g/mol. The Hall–Kier alpha value is -1.15. The molecule has 0 fully saturated rings. The highest BCUT2D eigenvalue weighted by Gasteiger charge is 2.14. The fourth-order valence-corrected chi connectivity index (χ4v) is 1.91. The summed E-state index contributed by atoms with van der Waals surface area (Å²) in [5.74, 6) is 0.288. The summed E-state index contributed by atoms with van der Waals surface area (Å²) in [6, 6.07) is 8.03. The highest BCUT2D eigenvalue weighted by atomic mass is 16.1. The molecule has 0 saturated heterocycles. The second kappa shape index (κ2) is 7.23. The molecule has 1 rings (SSSR count). The predicted octanol–water partition coefficient (Wildman–Crippen LogP) is 3.07. The maximum absolute atomic E-state index is 12.2. The normalized spacial score (nSPS) is 12.4. The van der Waals surface area contributed by atoms with Gasteiger partial charge in [0.25, 0.3) is 0 Å². The Kier molecular flexibility index (Phi) is 5.92. The molecular formula is C15H23NO. The lowest BCUT2D eigenvalue weighted by atomic mass is 9.97. The van der Waals surface area contributed by atoms with E-state index in [1.807, 2.05) is 25.1 Å². The van der Waals surface area contributed by atoms with Crippen molar-refractivity contribution in [1.29, 1.82) is 0 Å². The standard InChI is InChI=1S/C15H23NO/c1-4-7-13-8-6-9-14(10-13)15(17)12(3)11-16-5-2/h6,8-10,12,16H,4-5,7,11H2,1-3H3. The zero-order valence-electron chi connectivity index (χ0n) is 11.1. The van der Waals surface area contributed by atoms with Crippen LogP contribution in [0, 0.1) is 5.92 Å². The molecule has 0 aromatic heterocycles. The Labute approximate surface area is 104 Å². The van der Waals surface area contributed by atoms with E-state index >= 15 is 0 Å². The number of hydrogen-bond donors (Lipinski definition) is 1. The molecule has 2 heteroatoms. The fourth-order valence-electron chi connectivity index (χ4n) is 1.91. The van der Waals surface area contributed by atoms with E-state index in [1.165, 1.54) is 5.56 Å². The average Bonchev–Trinajstić information content (AvgIpc) is 2.35. The van der Waals surface area contributed by atoms with Crippen LogP contribution in [-0.4, -0.2) is 18.9 Å². The molecule has 0 aliphatic heterocycles. The molecular weight excluding hydrogens is 210 g/mol. The highest BCUT2D eigenvalue weighted by Crippen LogP contribution is 2.12. The molecule has 1 unspecified atom stereocenters. The fraction of sp³-hybridized carbons (Fsp3) is 0.533. The van der Waals surface area contributed by atoms with E-state index in [0.29, 0.717) is 0 Å². The molecule has 0 radical (unpaired) electrons. The van der Waals surface area contributed by atoms with E-state index in [4.69, 9.17) is 0 Å². The van der Waals surface area contributed by atoms with Gasteiger partial charge in [0, 0.05) is 18.0 Å². The van der Waals surface area contributed by atoms with Crippen molar-refractivity contribution in [3.63, 3.8) is 0 Å². The molecule has 1 aromatic rings. The number of ketones is 1. The van der Waals surface area contributed by atoms with Crippen LogP contribution in [0.3, 0.4) is 0 Å². The molecule has 0 amide bonds. The number of Topliss-reactive ketones (excluding diaryl/α,β-unsaturated/α-hetero) is 1. The van der Waals surface area contributed by atoms with Crippen molar-refractivity contribution in [3.8, 4) is 0 Å². The number of aryl methyl sites for hydroxylation is 1. The molecule has 0 aliphatic carbocycles. The first-order valence-electron chi connectivity index (χ1n) is 6.52. The van der Waals surface area contributed by atoms with Crippen LogP contribution in [0.5, 0.6) is 0 Å². The molecule has 1 aromatic carbocycles. The smallest absolute Gasteiger partial charge is 0.166 e. The molecule has 2 nitrogen and oxygen atoms in total. The predicted molar refractivity (Wildman–Crippen MR) is 72.5 cm³/mol. The van der Waals surface area contributed by atoms with Gasteiger partial charge in [0.2, 0.25) is 0 Å². The van der Waals surface area contributed by atoms with Gasteiger partial charge in [-0.25, -0.2) is 0 Å². The lowest BCUT2D eigenvalue weighted by Gasteiger charge is -2.11. The number of nitrogens with one attached hydrogen (secondary N) is 1. The third-order valence-corrected chi connectivity index (χ3v) is 2.90. The van der Waals surface area contributed by atoms with E-state index in [0.717, 1.165) is 31.5 Å². The number of carbonyl (C=O) groups is 1. The first-order chi connectivity index (χ1) is 8.19. The minimum atomic E-state index is 0.0480. The Morgan fingerprint density at radius 3 is 2.76 bits per heavy atom. The highest BCUT2D eigenvalue weighted by molar-refractivity contribution is 5.97. The molecule has 17 heavy (non-hydrogen) atoms. The summed E-state index contributed by atoms with van der Waals surface area (Å²) in [5.41, 5.74) is 2.11. The van der Waals surface area contributed by atoms with Crippen LogP contribution in [0.25, 0.3) is 0 Å². The van der Waals surface area contributed by atoms with Gasteiger partial charge < -0.3 is 5.32 Å². The van der Waals surface area contributed by atoms with E-state index in [1.54, 1.807) is 0 Å². The first-order valence-corrected chi connectivity index (χ1v) is 6.52. The second-order valence-corrected chi connectivity index (χ2v) is 4.52. The van der Waals surface area contributed by atoms with Gasteiger partial charge in [-0.2, -0.15) is 0 Å². The van der Waals surface area contributed by atoms with Crippen molar-refractivity contribution in [1.82, 2.24) is 5.32 Å². The maximum Gasteiger partial charge on any atom is 0.166 e. The minimum Gasteiger partial charge on any atom is -0.316 e. The summed E-state index contributed by atoms with van der Waals surface area (Å²) in [4.78, 5) is 12.2. The van der Waals surface area contributed by atoms with E-state index in [-0.39, 0.29) is 11.7 Å². The van der Waals surface area contributed by atoms with Crippen molar-refractivity contribution in [2.45, 2.75) is 33.6 Å².